The zero-order chi connectivity index (χ0) is 14.5. The van der Waals surface area contributed by atoms with Crippen molar-refractivity contribution in [3.8, 4) is 0 Å². The molecular weight excluding hydrogens is 252 g/mol. The highest BCUT2D eigenvalue weighted by Crippen LogP contribution is 2.22. The lowest BCUT2D eigenvalue weighted by Gasteiger charge is -2.35. The molecule has 1 aliphatic rings. The van der Waals surface area contributed by atoms with E-state index in [9.17, 15) is 4.79 Å². The molecule has 1 aromatic rings. The van der Waals surface area contributed by atoms with Crippen molar-refractivity contribution < 1.29 is 9.90 Å². The number of rotatable bonds is 5. The number of anilines is 1. The fourth-order valence-corrected chi connectivity index (χ4v) is 2.83. The molecule has 1 saturated heterocycles. The third-order valence-electron chi connectivity index (χ3n) is 4.00. The normalized spacial score (nSPS) is 19.8. The van der Waals surface area contributed by atoms with Gasteiger partial charge in [0.2, 0.25) is 0 Å². The summed E-state index contributed by atoms with van der Waals surface area (Å²) in [6, 6.07) is 8.70. The number of carboxylic acid groups (broad SMARTS) is 1. The first-order chi connectivity index (χ1) is 9.56. The van der Waals surface area contributed by atoms with Crippen LogP contribution in [0, 0.1) is 0 Å². The number of carboxylic acids is 1. The van der Waals surface area contributed by atoms with E-state index in [4.69, 9.17) is 5.11 Å². The fraction of sp³-hybridized carbons (Fsp3) is 0.562. The zero-order valence-electron chi connectivity index (χ0n) is 12.4. The Hall–Kier alpha value is -1.55. The lowest BCUT2D eigenvalue weighted by Crippen LogP contribution is -2.40. The molecule has 20 heavy (non-hydrogen) atoms. The molecule has 0 aliphatic carbocycles. The zero-order valence-corrected chi connectivity index (χ0v) is 12.4. The molecule has 2 rings (SSSR count). The Morgan fingerprint density at radius 3 is 2.60 bits per heavy atom. The number of piperidine rings is 1. The number of nitrogens with zero attached hydrogens (tertiary/aromatic N) is 2. The molecule has 0 spiro atoms. The number of hydrogen-bond acceptors (Lipinski definition) is 3. The van der Waals surface area contributed by atoms with Gasteiger partial charge < -0.3 is 10.0 Å². The Bertz CT molecular complexity index is 442. The Balaban J connectivity index is 2.00. The Kier molecular flexibility index (Phi) is 5.01. The highest BCUT2D eigenvalue weighted by atomic mass is 16.4. The van der Waals surface area contributed by atoms with Gasteiger partial charge in [0.15, 0.2) is 0 Å². The fourth-order valence-electron chi connectivity index (χ4n) is 2.83. The van der Waals surface area contributed by atoms with E-state index in [2.05, 4.69) is 34.1 Å². The van der Waals surface area contributed by atoms with Gasteiger partial charge in [0.05, 0.1) is 6.42 Å². The minimum atomic E-state index is -0.690. The molecule has 1 N–H and O–H groups in total. The topological polar surface area (TPSA) is 43.8 Å². The average Bonchev–Trinajstić information content (AvgIpc) is 2.41. The first-order valence-electron chi connectivity index (χ1n) is 7.28. The third-order valence-corrected chi connectivity index (χ3v) is 4.00. The van der Waals surface area contributed by atoms with Gasteiger partial charge in [-0.1, -0.05) is 18.6 Å². The lowest BCUT2D eigenvalue weighted by atomic mass is 9.98. The van der Waals surface area contributed by atoms with E-state index < -0.39 is 5.97 Å². The van der Waals surface area contributed by atoms with Crippen LogP contribution in [-0.2, 0) is 11.3 Å². The molecule has 0 saturated carbocycles. The summed E-state index contributed by atoms with van der Waals surface area (Å²) in [5.74, 6) is -0.690. The molecule has 1 aromatic carbocycles. The van der Waals surface area contributed by atoms with Crippen molar-refractivity contribution in [2.75, 3.05) is 25.5 Å². The summed E-state index contributed by atoms with van der Waals surface area (Å²) in [5, 5.41) is 9.01. The van der Waals surface area contributed by atoms with Gasteiger partial charge in [0.1, 0.15) is 0 Å². The van der Waals surface area contributed by atoms with Crippen molar-refractivity contribution >= 4 is 11.7 Å². The summed E-state index contributed by atoms with van der Waals surface area (Å²) in [6.45, 7) is 1.86. The summed E-state index contributed by atoms with van der Waals surface area (Å²) in [7, 11) is 4.06. The summed E-state index contributed by atoms with van der Waals surface area (Å²) < 4.78 is 0. The van der Waals surface area contributed by atoms with Crippen LogP contribution in [-0.4, -0.2) is 42.7 Å². The van der Waals surface area contributed by atoms with Crippen LogP contribution in [0.25, 0.3) is 0 Å². The molecule has 4 nitrogen and oxygen atoms in total. The Labute approximate surface area is 121 Å². The molecule has 0 bridgehead atoms. The predicted molar refractivity (Wildman–Crippen MR) is 81.1 cm³/mol. The van der Waals surface area contributed by atoms with E-state index in [0.29, 0.717) is 0 Å². The van der Waals surface area contributed by atoms with Crippen LogP contribution in [0.1, 0.15) is 31.2 Å². The number of hydrogen-bond donors (Lipinski definition) is 1. The minimum absolute atomic E-state index is 0.190. The largest absolute Gasteiger partial charge is 0.481 e. The van der Waals surface area contributed by atoms with Crippen LogP contribution in [0.3, 0.4) is 0 Å². The Morgan fingerprint density at radius 2 is 2.00 bits per heavy atom. The average molecular weight is 276 g/mol. The van der Waals surface area contributed by atoms with E-state index in [0.717, 1.165) is 25.9 Å². The Morgan fingerprint density at radius 1 is 1.30 bits per heavy atom. The van der Waals surface area contributed by atoms with E-state index in [1.165, 1.54) is 17.7 Å². The van der Waals surface area contributed by atoms with Gasteiger partial charge in [-0.05, 0) is 37.1 Å². The first kappa shape index (κ1) is 14.9. The van der Waals surface area contributed by atoms with Crippen LogP contribution in [0.5, 0.6) is 0 Å². The van der Waals surface area contributed by atoms with Gasteiger partial charge in [0.25, 0.3) is 0 Å². The smallest absolute Gasteiger partial charge is 0.304 e. The summed E-state index contributed by atoms with van der Waals surface area (Å²) in [4.78, 5) is 15.4. The summed E-state index contributed by atoms with van der Waals surface area (Å²) in [6.07, 6.45) is 3.58. The number of aliphatic carboxylic acids is 1. The second kappa shape index (κ2) is 6.75. The van der Waals surface area contributed by atoms with Crippen molar-refractivity contribution in [2.24, 2.45) is 0 Å². The predicted octanol–water partition coefficient (Wildman–Crippen LogP) is 2.58. The van der Waals surface area contributed by atoms with Crippen LogP contribution in [0.2, 0.25) is 0 Å². The van der Waals surface area contributed by atoms with Gasteiger partial charge in [0, 0.05) is 32.4 Å². The highest BCUT2D eigenvalue weighted by molar-refractivity contribution is 5.67. The molecule has 4 heteroatoms. The number of benzene rings is 1. The molecule has 110 valence electrons. The van der Waals surface area contributed by atoms with E-state index >= 15 is 0 Å². The van der Waals surface area contributed by atoms with Crippen molar-refractivity contribution in [1.82, 2.24) is 4.90 Å². The molecule has 0 radical (unpaired) electrons. The van der Waals surface area contributed by atoms with Gasteiger partial charge in [-0.25, -0.2) is 0 Å². The van der Waals surface area contributed by atoms with Gasteiger partial charge in [-0.2, -0.15) is 0 Å². The van der Waals surface area contributed by atoms with E-state index in [1.807, 2.05) is 14.1 Å². The molecule has 1 atom stereocenters. The monoisotopic (exact) mass is 276 g/mol. The van der Waals surface area contributed by atoms with E-state index in [1.54, 1.807) is 0 Å². The van der Waals surface area contributed by atoms with Crippen LogP contribution >= 0.6 is 0 Å². The molecule has 0 aromatic heterocycles. The van der Waals surface area contributed by atoms with Gasteiger partial charge >= 0.3 is 5.97 Å². The molecular formula is C16H24N2O2. The third kappa shape index (κ3) is 3.97. The van der Waals surface area contributed by atoms with E-state index in [-0.39, 0.29) is 12.5 Å². The van der Waals surface area contributed by atoms with Crippen molar-refractivity contribution in [3.05, 3.63) is 29.8 Å². The summed E-state index contributed by atoms with van der Waals surface area (Å²) in [5.41, 5.74) is 2.45. The second-order valence-corrected chi connectivity index (χ2v) is 5.78. The maximum absolute atomic E-state index is 11.0. The van der Waals surface area contributed by atoms with Crippen LogP contribution < -0.4 is 4.90 Å². The van der Waals surface area contributed by atoms with Crippen LogP contribution in [0.4, 0.5) is 5.69 Å². The van der Waals surface area contributed by atoms with Crippen molar-refractivity contribution in [2.45, 2.75) is 38.3 Å². The minimum Gasteiger partial charge on any atom is -0.481 e. The molecule has 1 fully saturated rings. The van der Waals surface area contributed by atoms with Crippen molar-refractivity contribution in [3.63, 3.8) is 0 Å². The number of carbonyl (C=O) groups is 1. The maximum Gasteiger partial charge on any atom is 0.304 e. The molecule has 1 aliphatic heterocycles. The maximum atomic E-state index is 11.0. The summed E-state index contributed by atoms with van der Waals surface area (Å²) >= 11 is 0. The highest BCUT2D eigenvalue weighted by Gasteiger charge is 2.24. The van der Waals surface area contributed by atoms with Crippen molar-refractivity contribution in [1.29, 1.82) is 0 Å². The standard InChI is InChI=1S/C16H24N2O2/c1-17(2)14-8-6-13(7-9-14)12-18-10-4-3-5-15(18)11-16(19)20/h6-9,15H,3-5,10-12H2,1-2H3,(H,19,20). The molecule has 1 heterocycles. The molecule has 1 unspecified atom stereocenters. The lowest BCUT2D eigenvalue weighted by molar-refractivity contribution is -0.138. The number of likely N-dealkylation sites (tertiary alicyclic amines) is 1. The first-order valence-corrected chi connectivity index (χ1v) is 7.28. The molecule has 0 amide bonds. The van der Waals surface area contributed by atoms with Gasteiger partial charge in [-0.3, -0.25) is 9.69 Å². The van der Waals surface area contributed by atoms with Gasteiger partial charge in [-0.15, -0.1) is 0 Å². The van der Waals surface area contributed by atoms with Crippen LogP contribution in [0.15, 0.2) is 24.3 Å². The SMILES string of the molecule is CN(C)c1ccc(CN2CCCCC2CC(=O)O)cc1. The second-order valence-electron chi connectivity index (χ2n) is 5.78. The quantitative estimate of drug-likeness (QED) is 0.897.